The van der Waals surface area contributed by atoms with E-state index in [4.69, 9.17) is 35.8 Å². The summed E-state index contributed by atoms with van der Waals surface area (Å²) in [5, 5.41) is 11.3. The lowest BCUT2D eigenvalue weighted by atomic mass is 10.1. The zero-order valence-corrected chi connectivity index (χ0v) is 31.4. The first-order valence-corrected chi connectivity index (χ1v) is 18.2. The van der Waals surface area contributed by atoms with Gasteiger partial charge in [0.05, 0.1) is 44.1 Å². The van der Waals surface area contributed by atoms with E-state index in [-0.39, 0.29) is 43.5 Å². The van der Waals surface area contributed by atoms with Crippen molar-refractivity contribution in [3.8, 4) is 23.0 Å². The predicted octanol–water partition coefficient (Wildman–Crippen LogP) is 5.25. The fourth-order valence-electron chi connectivity index (χ4n) is 5.67. The van der Waals surface area contributed by atoms with Crippen LogP contribution in [0.25, 0.3) is 22.4 Å². The van der Waals surface area contributed by atoms with Crippen molar-refractivity contribution in [2.45, 2.75) is 72.0 Å². The summed E-state index contributed by atoms with van der Waals surface area (Å²) in [6.07, 6.45) is 5.52. The van der Waals surface area contributed by atoms with Crippen LogP contribution >= 0.6 is 0 Å². The molecule has 0 spiro atoms. The summed E-state index contributed by atoms with van der Waals surface area (Å²) in [6.45, 7) is 7.82. The number of aromatic nitrogens is 5. The number of ether oxygens (including phenoxy) is 3. The van der Waals surface area contributed by atoms with E-state index in [2.05, 4.69) is 20.6 Å². The van der Waals surface area contributed by atoms with Gasteiger partial charge in [-0.3, -0.25) is 14.5 Å². The van der Waals surface area contributed by atoms with E-state index < -0.39 is 35.6 Å². The number of rotatable bonds is 19. The summed E-state index contributed by atoms with van der Waals surface area (Å²) in [5.41, 5.74) is 14.6. The van der Waals surface area contributed by atoms with Gasteiger partial charge in [0, 0.05) is 47.1 Å². The summed E-state index contributed by atoms with van der Waals surface area (Å²) in [5.74, 6) is -1.53. The maximum absolute atomic E-state index is 15.1. The molecule has 292 valence electrons. The topological polar surface area (TPSA) is 194 Å². The highest BCUT2D eigenvalue weighted by Crippen LogP contribution is 2.33. The number of aryl methyl sites for hydroxylation is 2. The SMILES string of the molecule is CCOc1cc(F)c(Cn2nc(-c3ncc(OCCCOC(=O)[C@H](C)NC(=O)[C@@H](N)CCCCN)c(Nc4cc(C)ncc4C)n3)c3ccccc32)c(F)c1. The van der Waals surface area contributed by atoms with Gasteiger partial charge in [0.1, 0.15) is 29.1 Å². The van der Waals surface area contributed by atoms with Crippen LogP contribution in [-0.4, -0.2) is 75.1 Å². The Bertz CT molecular complexity index is 2090. The van der Waals surface area contributed by atoms with Crippen molar-refractivity contribution in [1.82, 2.24) is 30.0 Å². The van der Waals surface area contributed by atoms with Crippen molar-refractivity contribution in [3.05, 3.63) is 83.3 Å². The van der Waals surface area contributed by atoms with Gasteiger partial charge in [0.25, 0.3) is 0 Å². The van der Waals surface area contributed by atoms with Gasteiger partial charge in [-0.05, 0) is 64.8 Å². The van der Waals surface area contributed by atoms with Gasteiger partial charge < -0.3 is 36.3 Å². The lowest BCUT2D eigenvalue weighted by Crippen LogP contribution is -2.47. The van der Waals surface area contributed by atoms with Crippen LogP contribution in [0.15, 0.2) is 54.9 Å². The minimum atomic E-state index is -0.878. The minimum absolute atomic E-state index is 0.0327. The highest BCUT2D eigenvalue weighted by molar-refractivity contribution is 5.92. The fraction of sp³-hybridized carbons (Fsp3) is 0.385. The number of amides is 1. The number of esters is 1. The Kier molecular flexibility index (Phi) is 14.0. The second kappa shape index (κ2) is 19.0. The Morgan fingerprint density at radius 3 is 2.49 bits per heavy atom. The van der Waals surface area contributed by atoms with E-state index >= 15 is 8.78 Å². The smallest absolute Gasteiger partial charge is 0.328 e. The van der Waals surface area contributed by atoms with Gasteiger partial charge in [0.15, 0.2) is 17.4 Å². The molecule has 0 unspecified atom stereocenters. The third-order valence-corrected chi connectivity index (χ3v) is 8.66. The van der Waals surface area contributed by atoms with Crippen LogP contribution in [0, 0.1) is 25.5 Å². The zero-order valence-electron chi connectivity index (χ0n) is 31.4. The molecule has 0 aliphatic rings. The highest BCUT2D eigenvalue weighted by Gasteiger charge is 2.22. The second-order valence-corrected chi connectivity index (χ2v) is 13.0. The van der Waals surface area contributed by atoms with E-state index in [0.29, 0.717) is 54.0 Å². The van der Waals surface area contributed by atoms with E-state index in [0.717, 1.165) is 35.5 Å². The van der Waals surface area contributed by atoms with Gasteiger partial charge >= 0.3 is 5.97 Å². The van der Waals surface area contributed by atoms with Crippen LogP contribution in [0.4, 0.5) is 20.3 Å². The van der Waals surface area contributed by atoms with E-state index in [1.54, 1.807) is 19.2 Å². The molecule has 0 bridgehead atoms. The van der Waals surface area contributed by atoms with Gasteiger partial charge in [-0.15, -0.1) is 0 Å². The number of anilines is 2. The summed E-state index contributed by atoms with van der Waals surface area (Å²) in [4.78, 5) is 38.6. The number of nitrogens with zero attached hydrogens (tertiary/aromatic N) is 5. The number of hydrogen-bond donors (Lipinski definition) is 4. The van der Waals surface area contributed by atoms with Crippen molar-refractivity contribution in [3.63, 3.8) is 0 Å². The number of halogens is 2. The van der Waals surface area contributed by atoms with Gasteiger partial charge in [-0.2, -0.15) is 5.10 Å². The van der Waals surface area contributed by atoms with Gasteiger partial charge in [-0.25, -0.2) is 23.5 Å². The minimum Gasteiger partial charge on any atom is -0.494 e. The average Bonchev–Trinajstić information content (AvgIpc) is 3.53. The first-order chi connectivity index (χ1) is 26.5. The Hall–Kier alpha value is -5.74. The number of fused-ring (bicyclic) bond motifs is 1. The molecular formula is C39H47F2N9O5. The Morgan fingerprint density at radius 1 is 0.982 bits per heavy atom. The van der Waals surface area contributed by atoms with Crippen LogP contribution in [0.5, 0.6) is 11.5 Å². The van der Waals surface area contributed by atoms with Crippen molar-refractivity contribution < 1.29 is 32.6 Å². The number of carbonyl (C=O) groups is 2. The molecule has 55 heavy (non-hydrogen) atoms. The maximum atomic E-state index is 15.1. The molecule has 6 N–H and O–H groups in total. The molecule has 3 aromatic heterocycles. The summed E-state index contributed by atoms with van der Waals surface area (Å²) in [7, 11) is 0. The third kappa shape index (κ3) is 10.5. The largest absolute Gasteiger partial charge is 0.494 e. The number of unbranched alkanes of at least 4 members (excludes halogenated alkanes) is 1. The van der Waals surface area contributed by atoms with Gasteiger partial charge in [0.2, 0.25) is 5.91 Å². The van der Waals surface area contributed by atoms with Crippen LogP contribution in [-0.2, 0) is 20.9 Å². The quantitative estimate of drug-likeness (QED) is 0.0632. The fourth-order valence-corrected chi connectivity index (χ4v) is 5.67. The van der Waals surface area contributed by atoms with E-state index in [1.807, 2.05) is 38.1 Å². The lowest BCUT2D eigenvalue weighted by molar-refractivity contribution is -0.147. The number of pyridine rings is 1. The number of nitrogens with one attached hydrogen (secondary N) is 2. The zero-order chi connectivity index (χ0) is 39.5. The lowest BCUT2D eigenvalue weighted by Gasteiger charge is -2.17. The summed E-state index contributed by atoms with van der Waals surface area (Å²) >= 11 is 0. The summed E-state index contributed by atoms with van der Waals surface area (Å²) in [6, 6.07) is 9.85. The molecule has 0 saturated heterocycles. The first kappa shape index (κ1) is 40.4. The molecule has 0 aliphatic heterocycles. The molecule has 5 aromatic rings. The van der Waals surface area contributed by atoms with Gasteiger partial charge in [-0.1, -0.05) is 24.6 Å². The highest BCUT2D eigenvalue weighted by atomic mass is 19.1. The molecular weight excluding hydrogens is 712 g/mol. The number of hydrogen-bond acceptors (Lipinski definition) is 12. The second-order valence-electron chi connectivity index (χ2n) is 13.0. The molecule has 0 radical (unpaired) electrons. The molecule has 0 saturated carbocycles. The standard InChI is InChI=1S/C39H47F2N9O5/c1-5-53-26-18-29(40)28(30(41)19-26)22-50-33-13-7-6-11-27(33)35(49-50)37-45-21-34(36(48-37)47-32-17-24(3)44-20-23(32)2)54-15-10-16-55-39(52)25(4)46-38(51)31(43)12-8-9-14-42/h6-7,11,13,17-21,25,31H,5,8-10,12,14-16,22,42-43H2,1-4H3,(H,46,51)(H,44,45,47,48)/t25-,31-/m0/s1. The molecule has 16 heteroatoms. The molecule has 2 atom stereocenters. The number of carbonyl (C=O) groups excluding carboxylic acids is 2. The average molecular weight is 760 g/mol. The molecule has 5 rings (SSSR count). The van der Waals surface area contributed by atoms with Crippen molar-refractivity contribution in [2.75, 3.05) is 31.7 Å². The molecule has 14 nitrogen and oxygen atoms in total. The van der Waals surface area contributed by atoms with Crippen LogP contribution in [0.2, 0.25) is 0 Å². The maximum Gasteiger partial charge on any atom is 0.328 e. The predicted molar refractivity (Wildman–Crippen MR) is 204 cm³/mol. The third-order valence-electron chi connectivity index (χ3n) is 8.66. The van der Waals surface area contributed by atoms with Crippen molar-refractivity contribution in [2.24, 2.45) is 11.5 Å². The molecule has 1 amide bonds. The normalized spacial score (nSPS) is 12.3. The Labute approximate surface area is 318 Å². The Morgan fingerprint density at radius 2 is 1.75 bits per heavy atom. The van der Waals surface area contributed by atoms with Crippen LogP contribution in [0.3, 0.4) is 0 Å². The van der Waals surface area contributed by atoms with E-state index in [9.17, 15) is 9.59 Å². The van der Waals surface area contributed by atoms with Crippen molar-refractivity contribution in [1.29, 1.82) is 0 Å². The Balaban J connectivity index is 1.32. The van der Waals surface area contributed by atoms with Crippen molar-refractivity contribution >= 4 is 34.3 Å². The molecule has 0 fully saturated rings. The first-order valence-electron chi connectivity index (χ1n) is 18.2. The van der Waals surface area contributed by atoms with Crippen LogP contribution in [0.1, 0.15) is 56.4 Å². The molecule has 0 aliphatic carbocycles. The number of benzene rings is 2. The molecule has 2 aromatic carbocycles. The number of nitrogens with two attached hydrogens (primary N) is 2. The monoisotopic (exact) mass is 759 g/mol. The summed E-state index contributed by atoms with van der Waals surface area (Å²) < 4.78 is 48.4. The van der Waals surface area contributed by atoms with E-state index in [1.165, 1.54) is 17.8 Å². The number of para-hydroxylation sites is 1. The van der Waals surface area contributed by atoms with Crippen LogP contribution < -0.4 is 31.6 Å². The molecule has 3 heterocycles.